The molecule has 1 saturated heterocycles. The molecule has 2 rings (SSSR count). The lowest BCUT2D eigenvalue weighted by atomic mass is 10.2. The van der Waals surface area contributed by atoms with Crippen LogP contribution in [0.1, 0.15) is 5.56 Å². The summed E-state index contributed by atoms with van der Waals surface area (Å²) in [6.07, 6.45) is 3.01. The second-order valence-corrected chi connectivity index (χ2v) is 4.78. The van der Waals surface area contributed by atoms with Crippen LogP contribution in [0.5, 0.6) is 0 Å². The number of hydrogen-bond donors (Lipinski definition) is 1. The molecule has 1 aliphatic rings. The highest BCUT2D eigenvalue weighted by atomic mass is 35.5. The minimum absolute atomic E-state index is 0.0648. The van der Waals surface area contributed by atoms with Crippen molar-refractivity contribution < 1.29 is 14.6 Å². The molecule has 0 radical (unpaired) electrons. The summed E-state index contributed by atoms with van der Waals surface area (Å²) in [5.74, 6) is -0.0725. The first-order valence-corrected chi connectivity index (χ1v) is 6.52. The van der Waals surface area contributed by atoms with Crippen LogP contribution in [0, 0.1) is 0 Å². The van der Waals surface area contributed by atoms with Crippen LogP contribution < -0.4 is 0 Å². The highest BCUT2D eigenvalue weighted by Crippen LogP contribution is 2.11. The topological polar surface area (TPSA) is 49.8 Å². The number of ether oxygens (including phenoxy) is 1. The quantitative estimate of drug-likeness (QED) is 0.856. The third-order valence-electron chi connectivity index (χ3n) is 2.94. The van der Waals surface area contributed by atoms with Gasteiger partial charge >= 0.3 is 0 Å². The predicted molar refractivity (Wildman–Crippen MR) is 73.9 cm³/mol. The third kappa shape index (κ3) is 4.06. The summed E-state index contributed by atoms with van der Waals surface area (Å²) >= 11 is 5.79. The number of rotatable bonds is 3. The number of halogens is 1. The minimum Gasteiger partial charge on any atom is -0.394 e. The van der Waals surface area contributed by atoms with Gasteiger partial charge in [0, 0.05) is 24.2 Å². The van der Waals surface area contributed by atoms with Crippen molar-refractivity contribution in [1.29, 1.82) is 0 Å². The molecule has 1 amide bonds. The summed E-state index contributed by atoms with van der Waals surface area (Å²) in [6.45, 7) is 1.39. The Morgan fingerprint density at radius 2 is 2.21 bits per heavy atom. The van der Waals surface area contributed by atoms with Crippen LogP contribution in [0.2, 0.25) is 5.02 Å². The number of aliphatic hydroxyl groups is 1. The van der Waals surface area contributed by atoms with Gasteiger partial charge in [0.05, 0.1) is 19.3 Å². The number of morpholine rings is 1. The maximum absolute atomic E-state index is 12.0. The number of benzene rings is 1. The average molecular weight is 282 g/mol. The maximum atomic E-state index is 12.0. The molecular weight excluding hydrogens is 266 g/mol. The first-order valence-electron chi connectivity index (χ1n) is 6.14. The predicted octanol–water partition coefficient (Wildman–Crippen LogP) is 1.57. The van der Waals surface area contributed by atoms with E-state index in [1.807, 2.05) is 12.1 Å². The van der Waals surface area contributed by atoms with Crippen LogP contribution >= 0.6 is 11.6 Å². The van der Waals surface area contributed by atoms with Gasteiger partial charge in [-0.1, -0.05) is 23.7 Å². The average Bonchev–Trinajstić information content (AvgIpc) is 2.46. The lowest BCUT2D eigenvalue weighted by Crippen LogP contribution is -2.46. The zero-order chi connectivity index (χ0) is 13.7. The number of aliphatic hydroxyl groups excluding tert-OH is 1. The van der Waals surface area contributed by atoms with Crippen molar-refractivity contribution in [2.45, 2.75) is 6.10 Å². The summed E-state index contributed by atoms with van der Waals surface area (Å²) < 4.78 is 5.30. The van der Waals surface area contributed by atoms with Crippen LogP contribution in [-0.2, 0) is 9.53 Å². The van der Waals surface area contributed by atoms with E-state index in [0.717, 1.165) is 5.56 Å². The summed E-state index contributed by atoms with van der Waals surface area (Å²) in [5, 5.41) is 9.70. The molecule has 1 aliphatic heterocycles. The fourth-order valence-corrected chi connectivity index (χ4v) is 2.00. The van der Waals surface area contributed by atoms with Crippen molar-refractivity contribution in [3.8, 4) is 0 Å². The fourth-order valence-electron chi connectivity index (χ4n) is 1.88. The van der Waals surface area contributed by atoms with Gasteiger partial charge in [0.25, 0.3) is 0 Å². The van der Waals surface area contributed by atoms with E-state index in [-0.39, 0.29) is 18.6 Å². The Balaban J connectivity index is 1.94. The molecule has 1 N–H and O–H groups in total. The Morgan fingerprint density at radius 1 is 1.47 bits per heavy atom. The Morgan fingerprint density at radius 3 is 2.89 bits per heavy atom. The number of carbonyl (C=O) groups is 1. The Labute approximate surface area is 117 Å². The molecule has 5 heteroatoms. The van der Waals surface area contributed by atoms with Crippen molar-refractivity contribution in [3.05, 3.63) is 40.9 Å². The molecule has 0 aliphatic carbocycles. The van der Waals surface area contributed by atoms with Crippen LogP contribution in [-0.4, -0.2) is 48.3 Å². The fraction of sp³-hybridized carbons (Fsp3) is 0.357. The van der Waals surface area contributed by atoms with Gasteiger partial charge in [0.2, 0.25) is 5.91 Å². The Bertz CT molecular complexity index is 458. The van der Waals surface area contributed by atoms with Gasteiger partial charge in [-0.2, -0.15) is 0 Å². The van der Waals surface area contributed by atoms with Gasteiger partial charge in [-0.05, 0) is 23.8 Å². The second kappa shape index (κ2) is 6.70. The van der Waals surface area contributed by atoms with Crippen LogP contribution in [0.25, 0.3) is 6.08 Å². The molecule has 1 atom stereocenters. The molecular formula is C14H16ClNO3. The molecule has 102 valence electrons. The van der Waals surface area contributed by atoms with Crippen molar-refractivity contribution in [2.24, 2.45) is 0 Å². The van der Waals surface area contributed by atoms with Gasteiger partial charge in [-0.25, -0.2) is 0 Å². The van der Waals surface area contributed by atoms with E-state index in [2.05, 4.69) is 0 Å². The van der Waals surface area contributed by atoms with E-state index in [1.54, 1.807) is 23.1 Å². The molecule has 0 spiro atoms. The molecule has 19 heavy (non-hydrogen) atoms. The second-order valence-electron chi connectivity index (χ2n) is 4.34. The Kier molecular flexibility index (Phi) is 4.96. The number of hydrogen-bond acceptors (Lipinski definition) is 3. The number of carbonyl (C=O) groups excluding carboxylic acids is 1. The SMILES string of the molecule is O=C(/C=C/c1ccc(Cl)cc1)N1CCOC(CO)C1. The van der Waals surface area contributed by atoms with E-state index in [1.165, 1.54) is 6.08 Å². The van der Waals surface area contributed by atoms with Gasteiger partial charge in [-0.3, -0.25) is 4.79 Å². The smallest absolute Gasteiger partial charge is 0.246 e. The first-order chi connectivity index (χ1) is 9.19. The highest BCUT2D eigenvalue weighted by Gasteiger charge is 2.21. The van der Waals surface area contributed by atoms with E-state index in [9.17, 15) is 4.79 Å². The van der Waals surface area contributed by atoms with E-state index in [4.69, 9.17) is 21.4 Å². The van der Waals surface area contributed by atoms with Crippen molar-refractivity contribution >= 4 is 23.6 Å². The van der Waals surface area contributed by atoms with Crippen LogP contribution in [0.3, 0.4) is 0 Å². The van der Waals surface area contributed by atoms with Crippen molar-refractivity contribution in [1.82, 2.24) is 4.90 Å². The molecule has 1 aromatic carbocycles. The Hall–Kier alpha value is -1.36. The lowest BCUT2D eigenvalue weighted by Gasteiger charge is -2.31. The first kappa shape index (κ1) is 14.1. The zero-order valence-corrected chi connectivity index (χ0v) is 11.2. The molecule has 1 aromatic rings. The van der Waals surface area contributed by atoms with Gasteiger partial charge in [-0.15, -0.1) is 0 Å². The molecule has 0 bridgehead atoms. The van der Waals surface area contributed by atoms with Crippen LogP contribution in [0.15, 0.2) is 30.3 Å². The molecule has 1 heterocycles. The van der Waals surface area contributed by atoms with E-state index >= 15 is 0 Å². The van der Waals surface area contributed by atoms with Crippen LogP contribution in [0.4, 0.5) is 0 Å². The zero-order valence-electron chi connectivity index (χ0n) is 10.5. The van der Waals surface area contributed by atoms with Gasteiger partial charge < -0.3 is 14.7 Å². The summed E-state index contributed by atoms with van der Waals surface area (Å²) in [4.78, 5) is 13.7. The molecule has 0 aromatic heterocycles. The molecule has 1 unspecified atom stereocenters. The largest absolute Gasteiger partial charge is 0.394 e. The minimum atomic E-state index is -0.276. The number of nitrogens with zero attached hydrogens (tertiary/aromatic N) is 1. The summed E-state index contributed by atoms with van der Waals surface area (Å²) in [6, 6.07) is 7.26. The summed E-state index contributed by atoms with van der Waals surface area (Å²) in [5.41, 5.74) is 0.921. The maximum Gasteiger partial charge on any atom is 0.246 e. The standard InChI is InChI=1S/C14H16ClNO3/c15-12-4-1-11(2-5-12)3-6-14(18)16-7-8-19-13(9-16)10-17/h1-6,13,17H,7-10H2/b6-3+. The third-order valence-corrected chi connectivity index (χ3v) is 3.19. The highest BCUT2D eigenvalue weighted by molar-refractivity contribution is 6.30. The van der Waals surface area contributed by atoms with E-state index in [0.29, 0.717) is 24.7 Å². The lowest BCUT2D eigenvalue weighted by molar-refractivity contribution is -0.134. The van der Waals surface area contributed by atoms with Crippen molar-refractivity contribution in [2.75, 3.05) is 26.3 Å². The summed E-state index contributed by atoms with van der Waals surface area (Å²) in [7, 11) is 0. The molecule has 4 nitrogen and oxygen atoms in total. The normalized spacial score (nSPS) is 19.9. The monoisotopic (exact) mass is 281 g/mol. The van der Waals surface area contributed by atoms with E-state index < -0.39 is 0 Å². The van der Waals surface area contributed by atoms with Gasteiger partial charge in [0.1, 0.15) is 0 Å². The molecule has 0 saturated carbocycles. The van der Waals surface area contributed by atoms with Crippen molar-refractivity contribution in [3.63, 3.8) is 0 Å². The number of amides is 1. The molecule has 1 fully saturated rings. The van der Waals surface area contributed by atoms with Gasteiger partial charge in [0.15, 0.2) is 0 Å².